The molecule has 0 aliphatic heterocycles. The van der Waals surface area contributed by atoms with Crippen LogP contribution in [0.4, 0.5) is 0 Å². The zero-order valence-electron chi connectivity index (χ0n) is 45.6. The smallest absolute Gasteiger partial charge is 0.306 e. The van der Waals surface area contributed by atoms with E-state index in [2.05, 4.69) is 57.2 Å². The summed E-state index contributed by atoms with van der Waals surface area (Å²) < 4.78 is 16.8. The van der Waals surface area contributed by atoms with Crippen LogP contribution in [0.25, 0.3) is 0 Å². The molecule has 6 nitrogen and oxygen atoms in total. The average molecular weight is 956 g/mol. The lowest BCUT2D eigenvalue weighted by atomic mass is 10.0. The quantitative estimate of drug-likeness (QED) is 0.0262. The van der Waals surface area contributed by atoms with Gasteiger partial charge in [0.15, 0.2) is 6.10 Å². The SMILES string of the molecule is CCCCCCC/C=C\C/C=C\CCCCCCCCCCCCCCCCCC(=O)OCC(COC(=O)CCCCCCCCC)OC(=O)CCCCCCC/C=C\CCCCCCCCC. The highest BCUT2D eigenvalue weighted by molar-refractivity contribution is 5.71. The molecule has 0 aromatic heterocycles. The van der Waals surface area contributed by atoms with E-state index in [1.807, 2.05) is 0 Å². The lowest BCUT2D eigenvalue weighted by molar-refractivity contribution is -0.167. The normalized spacial score (nSPS) is 12.2. The summed E-state index contributed by atoms with van der Waals surface area (Å²) in [4.78, 5) is 37.9. The van der Waals surface area contributed by atoms with Gasteiger partial charge in [-0.25, -0.2) is 0 Å². The number of allylic oxidation sites excluding steroid dienone is 6. The second kappa shape index (κ2) is 57.2. The van der Waals surface area contributed by atoms with Gasteiger partial charge in [-0.1, -0.05) is 263 Å². The van der Waals surface area contributed by atoms with E-state index < -0.39 is 6.10 Å². The van der Waals surface area contributed by atoms with E-state index in [1.54, 1.807) is 0 Å². The zero-order chi connectivity index (χ0) is 49.3. The van der Waals surface area contributed by atoms with Crippen LogP contribution in [-0.2, 0) is 28.6 Å². The molecule has 0 rings (SSSR count). The van der Waals surface area contributed by atoms with Gasteiger partial charge >= 0.3 is 17.9 Å². The molecule has 1 atom stereocenters. The number of hydrogen-bond acceptors (Lipinski definition) is 6. The molecule has 0 saturated heterocycles. The van der Waals surface area contributed by atoms with Crippen LogP contribution in [0.2, 0.25) is 0 Å². The number of ether oxygens (including phenoxy) is 3. The summed E-state index contributed by atoms with van der Waals surface area (Å²) in [7, 11) is 0. The summed E-state index contributed by atoms with van der Waals surface area (Å²) in [5, 5.41) is 0. The third kappa shape index (κ3) is 54.6. The Morgan fingerprint density at radius 3 is 0.824 bits per heavy atom. The average Bonchev–Trinajstić information content (AvgIpc) is 3.34. The fraction of sp³-hybridized carbons (Fsp3) is 0.855. The largest absolute Gasteiger partial charge is 0.462 e. The fourth-order valence-corrected chi connectivity index (χ4v) is 8.82. The van der Waals surface area contributed by atoms with Crippen molar-refractivity contribution in [2.45, 2.75) is 329 Å². The van der Waals surface area contributed by atoms with Crippen LogP contribution in [0.1, 0.15) is 323 Å². The van der Waals surface area contributed by atoms with E-state index in [0.717, 1.165) is 70.6 Å². The van der Waals surface area contributed by atoms with Crippen molar-refractivity contribution in [3.05, 3.63) is 36.5 Å². The van der Waals surface area contributed by atoms with Crippen molar-refractivity contribution in [2.24, 2.45) is 0 Å². The topological polar surface area (TPSA) is 78.9 Å². The number of unbranched alkanes of at least 4 members (excludes halogenated alkanes) is 38. The van der Waals surface area contributed by atoms with Crippen molar-refractivity contribution in [1.29, 1.82) is 0 Å². The van der Waals surface area contributed by atoms with Gasteiger partial charge in [0, 0.05) is 19.3 Å². The van der Waals surface area contributed by atoms with Gasteiger partial charge in [-0.05, 0) is 77.0 Å². The molecule has 398 valence electrons. The Balaban J connectivity index is 4.08. The predicted molar refractivity (Wildman–Crippen MR) is 293 cm³/mol. The van der Waals surface area contributed by atoms with E-state index in [-0.39, 0.29) is 31.1 Å². The molecule has 0 aliphatic carbocycles. The van der Waals surface area contributed by atoms with E-state index in [0.29, 0.717) is 19.3 Å². The molecule has 0 spiro atoms. The van der Waals surface area contributed by atoms with Gasteiger partial charge in [0.05, 0.1) is 0 Å². The monoisotopic (exact) mass is 955 g/mol. The van der Waals surface area contributed by atoms with Crippen molar-refractivity contribution < 1.29 is 28.6 Å². The molecule has 68 heavy (non-hydrogen) atoms. The molecule has 0 aromatic carbocycles. The maximum absolute atomic E-state index is 12.8. The third-order valence-electron chi connectivity index (χ3n) is 13.4. The molecule has 0 bridgehead atoms. The minimum absolute atomic E-state index is 0.0720. The van der Waals surface area contributed by atoms with Crippen molar-refractivity contribution >= 4 is 17.9 Å². The van der Waals surface area contributed by atoms with E-state index in [1.165, 1.54) is 212 Å². The van der Waals surface area contributed by atoms with Crippen LogP contribution in [0.15, 0.2) is 36.5 Å². The van der Waals surface area contributed by atoms with Gasteiger partial charge in [0.2, 0.25) is 0 Å². The molecule has 0 fully saturated rings. The maximum Gasteiger partial charge on any atom is 0.306 e. The highest BCUT2D eigenvalue weighted by atomic mass is 16.6. The molecule has 0 heterocycles. The molecular weight excluding hydrogens is 841 g/mol. The summed E-state index contributed by atoms with van der Waals surface area (Å²) in [6, 6.07) is 0. The summed E-state index contributed by atoms with van der Waals surface area (Å²) in [5.41, 5.74) is 0. The molecule has 0 aliphatic rings. The van der Waals surface area contributed by atoms with Gasteiger partial charge < -0.3 is 14.2 Å². The fourth-order valence-electron chi connectivity index (χ4n) is 8.82. The number of carbonyl (C=O) groups excluding carboxylic acids is 3. The van der Waals surface area contributed by atoms with E-state index in [9.17, 15) is 14.4 Å². The van der Waals surface area contributed by atoms with Crippen molar-refractivity contribution in [3.63, 3.8) is 0 Å². The number of rotatable bonds is 55. The first-order valence-corrected chi connectivity index (χ1v) is 30.0. The van der Waals surface area contributed by atoms with Gasteiger partial charge in [-0.3, -0.25) is 14.4 Å². The first-order valence-electron chi connectivity index (χ1n) is 30.0. The molecule has 1 unspecified atom stereocenters. The van der Waals surface area contributed by atoms with Crippen LogP contribution in [0, 0.1) is 0 Å². The Hall–Kier alpha value is -2.37. The molecule has 0 aromatic rings. The highest BCUT2D eigenvalue weighted by Gasteiger charge is 2.19. The summed E-state index contributed by atoms with van der Waals surface area (Å²) in [6.07, 6.45) is 68.9. The Morgan fingerprint density at radius 1 is 0.294 bits per heavy atom. The van der Waals surface area contributed by atoms with Gasteiger partial charge in [0.1, 0.15) is 13.2 Å². The van der Waals surface area contributed by atoms with Crippen LogP contribution in [0.5, 0.6) is 0 Å². The van der Waals surface area contributed by atoms with Crippen molar-refractivity contribution in [1.82, 2.24) is 0 Å². The summed E-state index contributed by atoms with van der Waals surface area (Å²) >= 11 is 0. The van der Waals surface area contributed by atoms with Gasteiger partial charge in [0.25, 0.3) is 0 Å². The van der Waals surface area contributed by atoms with Gasteiger partial charge in [-0.2, -0.15) is 0 Å². The minimum atomic E-state index is -0.771. The Kier molecular flexibility index (Phi) is 55.2. The third-order valence-corrected chi connectivity index (χ3v) is 13.4. The standard InChI is InChI=1S/C62H114O6/c1-4-7-10-13-16-18-20-22-24-26-27-28-29-30-31-32-33-34-35-36-38-39-41-43-46-49-52-55-61(64)67-58-59(57-66-60(63)54-51-48-45-15-12-9-6-3)68-62(65)56-53-50-47-44-42-40-37-25-23-21-19-17-14-11-8-5-2/h20,22,25-27,37,59H,4-19,21,23-24,28-36,38-58H2,1-3H3/b22-20-,27-26-,37-25-. The zero-order valence-corrected chi connectivity index (χ0v) is 45.6. The highest BCUT2D eigenvalue weighted by Crippen LogP contribution is 2.16. The second-order valence-electron chi connectivity index (χ2n) is 20.3. The lowest BCUT2D eigenvalue weighted by Gasteiger charge is -2.18. The first-order chi connectivity index (χ1) is 33.5. The van der Waals surface area contributed by atoms with E-state index in [4.69, 9.17) is 14.2 Å². The number of esters is 3. The minimum Gasteiger partial charge on any atom is -0.462 e. The Morgan fingerprint density at radius 2 is 0.529 bits per heavy atom. The van der Waals surface area contributed by atoms with Crippen LogP contribution in [-0.4, -0.2) is 37.2 Å². The molecule has 0 radical (unpaired) electrons. The molecular formula is C62H114O6. The Bertz CT molecular complexity index is 1140. The molecule has 6 heteroatoms. The van der Waals surface area contributed by atoms with Crippen molar-refractivity contribution in [3.8, 4) is 0 Å². The predicted octanol–water partition coefficient (Wildman–Crippen LogP) is 20.0. The molecule has 0 N–H and O–H groups in total. The Labute approximate surface area is 423 Å². The van der Waals surface area contributed by atoms with Crippen LogP contribution >= 0.6 is 0 Å². The second-order valence-corrected chi connectivity index (χ2v) is 20.3. The molecule has 0 amide bonds. The lowest BCUT2D eigenvalue weighted by Crippen LogP contribution is -2.30. The van der Waals surface area contributed by atoms with Crippen molar-refractivity contribution in [2.75, 3.05) is 13.2 Å². The first kappa shape index (κ1) is 65.6. The maximum atomic E-state index is 12.8. The molecule has 0 saturated carbocycles. The van der Waals surface area contributed by atoms with Crippen LogP contribution < -0.4 is 0 Å². The number of carbonyl (C=O) groups is 3. The van der Waals surface area contributed by atoms with Crippen LogP contribution in [0.3, 0.4) is 0 Å². The summed E-state index contributed by atoms with van der Waals surface area (Å²) in [6.45, 7) is 6.61. The number of hydrogen-bond donors (Lipinski definition) is 0. The summed E-state index contributed by atoms with van der Waals surface area (Å²) in [5.74, 6) is -0.871. The van der Waals surface area contributed by atoms with Gasteiger partial charge in [-0.15, -0.1) is 0 Å². The van der Waals surface area contributed by atoms with E-state index >= 15 is 0 Å².